The number of hydrogen-bond donors (Lipinski definition) is 4. The van der Waals surface area contributed by atoms with Gasteiger partial charge in [0.2, 0.25) is 0 Å². The van der Waals surface area contributed by atoms with E-state index in [4.69, 9.17) is 10.9 Å². The van der Waals surface area contributed by atoms with Gasteiger partial charge in [-0.25, -0.2) is 0 Å². The van der Waals surface area contributed by atoms with Crippen LogP contribution in [0.2, 0.25) is 0 Å². The highest BCUT2D eigenvalue weighted by Crippen LogP contribution is 2.24. The molecule has 0 radical (unpaired) electrons. The topological polar surface area (TPSA) is 119 Å². The van der Waals surface area contributed by atoms with Crippen LogP contribution >= 0.6 is 0 Å². The van der Waals surface area contributed by atoms with Gasteiger partial charge in [0.15, 0.2) is 0 Å². The molecule has 1 aromatic rings. The summed E-state index contributed by atoms with van der Waals surface area (Å²) in [6.07, 6.45) is 0.208. The molecule has 0 saturated heterocycles. The van der Waals surface area contributed by atoms with Crippen LogP contribution in [0.15, 0.2) is 23.4 Å². The number of amides is 1. The number of carbonyl (C=O) groups is 1. The highest BCUT2D eigenvalue weighted by atomic mass is 16.4. The van der Waals surface area contributed by atoms with Gasteiger partial charge in [-0.05, 0) is 32.0 Å². The largest absolute Gasteiger partial charge is 0.508 e. The molecule has 0 spiro atoms. The van der Waals surface area contributed by atoms with E-state index in [-0.39, 0.29) is 41.9 Å². The summed E-state index contributed by atoms with van der Waals surface area (Å²) < 4.78 is 0. The van der Waals surface area contributed by atoms with Crippen molar-refractivity contribution in [1.82, 2.24) is 4.90 Å². The molecule has 0 aliphatic rings. The Hall–Kier alpha value is -2.44. The van der Waals surface area contributed by atoms with Crippen molar-refractivity contribution in [2.24, 2.45) is 10.9 Å². The van der Waals surface area contributed by atoms with E-state index in [1.165, 1.54) is 23.1 Å². The van der Waals surface area contributed by atoms with Crippen LogP contribution in [0.1, 0.15) is 30.6 Å². The summed E-state index contributed by atoms with van der Waals surface area (Å²) in [4.78, 5) is 13.8. The van der Waals surface area contributed by atoms with E-state index in [1.54, 1.807) is 0 Å². The molecule has 1 rings (SSSR count). The van der Waals surface area contributed by atoms with Crippen molar-refractivity contribution in [3.8, 4) is 11.5 Å². The monoisotopic (exact) mass is 281 g/mol. The molecule has 0 unspecified atom stereocenters. The predicted octanol–water partition coefficient (Wildman–Crippen LogP) is 1.08. The molecule has 0 aliphatic heterocycles. The second-order valence-corrected chi connectivity index (χ2v) is 4.64. The Morgan fingerprint density at radius 1 is 1.40 bits per heavy atom. The highest BCUT2D eigenvalue weighted by molar-refractivity contribution is 5.97. The van der Waals surface area contributed by atoms with Gasteiger partial charge in [-0.1, -0.05) is 5.16 Å². The normalized spacial score (nSPS) is 11.7. The number of oxime groups is 1. The van der Waals surface area contributed by atoms with E-state index in [0.29, 0.717) is 0 Å². The van der Waals surface area contributed by atoms with Gasteiger partial charge in [-0.15, -0.1) is 0 Å². The van der Waals surface area contributed by atoms with Crippen LogP contribution in [0.5, 0.6) is 11.5 Å². The number of phenolic OH excluding ortho intramolecular Hbond substituents is 2. The summed E-state index contributed by atoms with van der Waals surface area (Å²) in [5.74, 6) is -0.726. The highest BCUT2D eigenvalue weighted by Gasteiger charge is 2.22. The Labute approximate surface area is 116 Å². The first-order valence-electron chi connectivity index (χ1n) is 6.16. The third-order valence-corrected chi connectivity index (χ3v) is 2.83. The molecule has 7 heteroatoms. The third-order valence-electron chi connectivity index (χ3n) is 2.83. The minimum Gasteiger partial charge on any atom is -0.508 e. The first kappa shape index (κ1) is 15.6. The quantitative estimate of drug-likeness (QED) is 0.212. The zero-order valence-electron chi connectivity index (χ0n) is 11.4. The minimum absolute atomic E-state index is 0.0122. The molecule has 0 bridgehead atoms. The first-order valence-corrected chi connectivity index (χ1v) is 6.16. The number of amidine groups is 1. The van der Waals surface area contributed by atoms with E-state index in [1.807, 2.05) is 13.8 Å². The fourth-order valence-corrected chi connectivity index (χ4v) is 1.73. The Bertz CT molecular complexity index is 514. The van der Waals surface area contributed by atoms with Crippen molar-refractivity contribution >= 4 is 11.7 Å². The van der Waals surface area contributed by atoms with Gasteiger partial charge in [0.25, 0.3) is 5.91 Å². The molecular formula is C13H19N3O4. The van der Waals surface area contributed by atoms with Crippen LogP contribution in [0.4, 0.5) is 0 Å². The van der Waals surface area contributed by atoms with Gasteiger partial charge in [0.05, 0.1) is 5.56 Å². The molecule has 1 aromatic carbocycles. The zero-order valence-corrected chi connectivity index (χ0v) is 11.4. The molecule has 0 aliphatic carbocycles. The van der Waals surface area contributed by atoms with Gasteiger partial charge in [-0.3, -0.25) is 4.79 Å². The van der Waals surface area contributed by atoms with Crippen LogP contribution in [-0.4, -0.2) is 44.6 Å². The summed E-state index contributed by atoms with van der Waals surface area (Å²) >= 11 is 0. The van der Waals surface area contributed by atoms with Crippen LogP contribution < -0.4 is 5.73 Å². The van der Waals surface area contributed by atoms with Crippen molar-refractivity contribution in [1.29, 1.82) is 0 Å². The molecule has 0 fully saturated rings. The average Bonchev–Trinajstić information content (AvgIpc) is 2.40. The molecular weight excluding hydrogens is 262 g/mol. The van der Waals surface area contributed by atoms with Gasteiger partial charge < -0.3 is 26.1 Å². The standard InChI is InChI=1S/C13H19N3O4/c1-8(2)16(6-5-12(14)15-20)13(19)10-7-9(17)3-4-11(10)18/h3-4,7-8,17-18,20H,5-6H2,1-2H3,(H2,14,15). The van der Waals surface area contributed by atoms with Crippen molar-refractivity contribution in [3.63, 3.8) is 0 Å². The Balaban J connectivity index is 2.97. The van der Waals surface area contributed by atoms with E-state index >= 15 is 0 Å². The first-order chi connectivity index (χ1) is 9.36. The molecule has 5 N–H and O–H groups in total. The van der Waals surface area contributed by atoms with Crippen molar-refractivity contribution in [3.05, 3.63) is 23.8 Å². The van der Waals surface area contributed by atoms with Gasteiger partial charge in [0.1, 0.15) is 17.3 Å². The number of rotatable bonds is 5. The molecule has 110 valence electrons. The molecule has 7 nitrogen and oxygen atoms in total. The maximum absolute atomic E-state index is 12.4. The van der Waals surface area contributed by atoms with Crippen LogP contribution in [0.3, 0.4) is 0 Å². The number of nitrogens with zero attached hydrogens (tertiary/aromatic N) is 2. The number of carbonyl (C=O) groups excluding carboxylic acids is 1. The summed E-state index contributed by atoms with van der Waals surface area (Å²) in [5, 5.41) is 30.5. The average molecular weight is 281 g/mol. The Morgan fingerprint density at radius 3 is 2.60 bits per heavy atom. The fourth-order valence-electron chi connectivity index (χ4n) is 1.73. The predicted molar refractivity (Wildman–Crippen MR) is 74.0 cm³/mol. The number of nitrogens with two attached hydrogens (primary N) is 1. The van der Waals surface area contributed by atoms with E-state index in [2.05, 4.69) is 5.16 Å². The summed E-state index contributed by atoms with van der Waals surface area (Å²) in [5.41, 5.74) is 5.40. The summed E-state index contributed by atoms with van der Waals surface area (Å²) in [7, 11) is 0. The molecule has 0 heterocycles. The minimum atomic E-state index is -0.431. The number of hydrogen-bond acceptors (Lipinski definition) is 5. The van der Waals surface area contributed by atoms with Crippen molar-refractivity contribution in [2.75, 3.05) is 6.54 Å². The maximum atomic E-state index is 12.4. The Morgan fingerprint density at radius 2 is 2.05 bits per heavy atom. The molecule has 0 atom stereocenters. The molecule has 0 saturated carbocycles. The number of aromatic hydroxyl groups is 2. The van der Waals surface area contributed by atoms with E-state index < -0.39 is 5.91 Å². The van der Waals surface area contributed by atoms with Gasteiger partial charge in [0, 0.05) is 19.0 Å². The Kier molecular flexibility index (Phi) is 5.19. The zero-order chi connectivity index (χ0) is 15.3. The second kappa shape index (κ2) is 6.65. The summed E-state index contributed by atoms with van der Waals surface area (Å²) in [6.45, 7) is 3.86. The lowest BCUT2D eigenvalue weighted by atomic mass is 10.1. The molecule has 0 aromatic heterocycles. The van der Waals surface area contributed by atoms with Gasteiger partial charge >= 0.3 is 0 Å². The third kappa shape index (κ3) is 3.78. The maximum Gasteiger partial charge on any atom is 0.257 e. The number of benzene rings is 1. The van der Waals surface area contributed by atoms with Crippen molar-refractivity contribution in [2.45, 2.75) is 26.3 Å². The van der Waals surface area contributed by atoms with Crippen molar-refractivity contribution < 1.29 is 20.2 Å². The number of phenols is 2. The fraction of sp³-hybridized carbons (Fsp3) is 0.385. The second-order valence-electron chi connectivity index (χ2n) is 4.64. The SMILES string of the molecule is CC(C)N(CC/C(N)=N/O)C(=O)c1cc(O)ccc1O. The molecule has 1 amide bonds. The van der Waals surface area contributed by atoms with Crippen LogP contribution in [-0.2, 0) is 0 Å². The smallest absolute Gasteiger partial charge is 0.257 e. The lowest BCUT2D eigenvalue weighted by Gasteiger charge is -2.27. The van der Waals surface area contributed by atoms with E-state index in [9.17, 15) is 15.0 Å². The van der Waals surface area contributed by atoms with Crippen LogP contribution in [0.25, 0.3) is 0 Å². The van der Waals surface area contributed by atoms with E-state index in [0.717, 1.165) is 0 Å². The van der Waals surface area contributed by atoms with Gasteiger partial charge in [-0.2, -0.15) is 0 Å². The lowest BCUT2D eigenvalue weighted by molar-refractivity contribution is 0.0707. The summed E-state index contributed by atoms with van der Waals surface area (Å²) in [6, 6.07) is 3.61. The lowest BCUT2D eigenvalue weighted by Crippen LogP contribution is -2.39. The molecule has 20 heavy (non-hydrogen) atoms. The van der Waals surface area contributed by atoms with Crippen LogP contribution in [0, 0.1) is 0 Å².